The molecule has 0 N–H and O–H groups in total. The number of allylic oxidation sites excluding steroid dienone is 1. The van der Waals surface area contributed by atoms with E-state index in [1.54, 1.807) is 30.3 Å². The second-order valence-electron chi connectivity index (χ2n) is 7.99. The lowest BCUT2D eigenvalue weighted by atomic mass is 9.84. The van der Waals surface area contributed by atoms with E-state index in [0.29, 0.717) is 5.56 Å². The molecule has 0 radical (unpaired) electrons. The highest BCUT2D eigenvalue weighted by Crippen LogP contribution is 2.39. The van der Waals surface area contributed by atoms with Crippen LogP contribution in [0.1, 0.15) is 47.6 Å². The van der Waals surface area contributed by atoms with Gasteiger partial charge in [-0.3, -0.25) is 0 Å². The SMILES string of the molecule is C=C(C)C.C=CF.Fc1ccc([C@H](Cc2ccccc2)c2cc(C(F)(F)F)cc(C(F)(F)F)c2)cc1. The molecule has 0 aliphatic heterocycles. The van der Waals surface area contributed by atoms with Crippen LogP contribution in [0, 0.1) is 5.82 Å². The third-order valence-electron chi connectivity index (χ3n) is 4.57. The van der Waals surface area contributed by atoms with Crippen molar-refractivity contribution in [1.82, 2.24) is 0 Å². The third-order valence-corrected chi connectivity index (χ3v) is 4.57. The highest BCUT2D eigenvalue weighted by molar-refractivity contribution is 5.41. The maximum Gasteiger partial charge on any atom is 0.416 e. The topological polar surface area (TPSA) is 0 Å². The van der Waals surface area contributed by atoms with E-state index >= 15 is 0 Å². The Bertz CT molecular complexity index is 1060. The van der Waals surface area contributed by atoms with Crippen LogP contribution in [0.2, 0.25) is 0 Å². The van der Waals surface area contributed by atoms with Gasteiger partial charge in [-0.05, 0) is 67.3 Å². The van der Waals surface area contributed by atoms with Crippen molar-refractivity contribution in [3.63, 3.8) is 0 Å². The number of hydrogen-bond acceptors (Lipinski definition) is 0. The smallest absolute Gasteiger partial charge is 0.216 e. The number of rotatable bonds is 4. The second-order valence-corrected chi connectivity index (χ2v) is 7.99. The van der Waals surface area contributed by atoms with E-state index in [0.717, 1.165) is 29.8 Å². The van der Waals surface area contributed by atoms with Crippen LogP contribution in [0.3, 0.4) is 0 Å². The van der Waals surface area contributed by atoms with Crippen LogP contribution in [0.15, 0.2) is 97.9 Å². The van der Waals surface area contributed by atoms with Crippen molar-refractivity contribution in [3.05, 3.63) is 131 Å². The molecule has 36 heavy (non-hydrogen) atoms. The molecule has 0 aromatic heterocycles. The van der Waals surface area contributed by atoms with E-state index in [9.17, 15) is 35.1 Å². The Morgan fingerprint density at radius 1 is 0.778 bits per heavy atom. The summed E-state index contributed by atoms with van der Waals surface area (Å²) in [6.07, 6.45) is -9.46. The number of benzene rings is 3. The zero-order chi connectivity index (χ0) is 27.5. The summed E-state index contributed by atoms with van der Waals surface area (Å²) in [6.45, 7) is 10.2. The Kier molecular flexibility index (Phi) is 11.6. The quantitative estimate of drug-likeness (QED) is 0.240. The predicted octanol–water partition coefficient (Wildman–Crippen LogP) is 9.92. The minimum absolute atomic E-state index is 0.105. The van der Waals surface area contributed by atoms with Crippen molar-refractivity contribution < 1.29 is 35.1 Å². The summed E-state index contributed by atoms with van der Waals surface area (Å²) in [5, 5.41) is 0. The molecule has 194 valence electrons. The van der Waals surface area contributed by atoms with Crippen molar-refractivity contribution in [1.29, 1.82) is 0 Å². The molecule has 0 unspecified atom stereocenters. The molecule has 0 bridgehead atoms. The summed E-state index contributed by atoms with van der Waals surface area (Å²) >= 11 is 0. The van der Waals surface area contributed by atoms with Crippen molar-refractivity contribution in [2.24, 2.45) is 0 Å². The summed E-state index contributed by atoms with van der Waals surface area (Å²) in [4.78, 5) is 0. The van der Waals surface area contributed by atoms with Gasteiger partial charge in [0.1, 0.15) is 5.82 Å². The first-order chi connectivity index (χ1) is 16.7. The summed E-state index contributed by atoms with van der Waals surface area (Å²) in [5.74, 6) is -1.37. The van der Waals surface area contributed by atoms with E-state index < -0.39 is 35.2 Å². The summed E-state index contributed by atoms with van der Waals surface area (Å²) in [7, 11) is 0. The maximum absolute atomic E-state index is 13.3. The van der Waals surface area contributed by atoms with Crippen molar-refractivity contribution in [3.8, 4) is 0 Å². The monoisotopic (exact) mass is 514 g/mol. The van der Waals surface area contributed by atoms with Gasteiger partial charge in [0, 0.05) is 5.92 Å². The molecule has 3 rings (SSSR count). The minimum Gasteiger partial charge on any atom is -0.216 e. The first-order valence-corrected chi connectivity index (χ1v) is 10.6. The zero-order valence-corrected chi connectivity index (χ0v) is 19.7. The van der Waals surface area contributed by atoms with Crippen molar-refractivity contribution in [2.75, 3.05) is 0 Å². The first kappa shape index (κ1) is 30.6. The van der Waals surface area contributed by atoms with Gasteiger partial charge in [-0.2, -0.15) is 26.3 Å². The largest absolute Gasteiger partial charge is 0.416 e. The average Bonchev–Trinajstić information content (AvgIpc) is 2.78. The fourth-order valence-corrected chi connectivity index (χ4v) is 3.15. The van der Waals surface area contributed by atoms with Gasteiger partial charge >= 0.3 is 12.4 Å². The van der Waals surface area contributed by atoms with Crippen molar-refractivity contribution >= 4 is 0 Å². The van der Waals surface area contributed by atoms with Crippen LogP contribution < -0.4 is 0 Å². The molecule has 0 fully saturated rings. The normalized spacial score (nSPS) is 11.8. The van der Waals surface area contributed by atoms with Crippen LogP contribution in [0.25, 0.3) is 0 Å². The van der Waals surface area contributed by atoms with Gasteiger partial charge in [-0.15, -0.1) is 6.58 Å². The molecular formula is C28H26F8. The molecule has 0 heterocycles. The molecule has 0 aliphatic rings. The highest BCUT2D eigenvalue weighted by Gasteiger charge is 2.37. The van der Waals surface area contributed by atoms with E-state index in [1.165, 1.54) is 17.7 Å². The van der Waals surface area contributed by atoms with E-state index in [1.807, 2.05) is 13.8 Å². The fraction of sp³-hybridized carbons (Fsp3) is 0.214. The van der Waals surface area contributed by atoms with Gasteiger partial charge < -0.3 is 0 Å². The molecular weight excluding hydrogens is 488 g/mol. The van der Waals surface area contributed by atoms with E-state index in [4.69, 9.17) is 0 Å². The molecule has 0 saturated heterocycles. The van der Waals surface area contributed by atoms with Gasteiger partial charge in [-0.25, -0.2) is 8.78 Å². The molecule has 1 atom stereocenters. The molecule has 0 nitrogen and oxygen atoms in total. The highest BCUT2D eigenvalue weighted by atomic mass is 19.4. The maximum atomic E-state index is 13.3. The fourth-order valence-electron chi connectivity index (χ4n) is 3.15. The van der Waals surface area contributed by atoms with Crippen LogP contribution >= 0.6 is 0 Å². The van der Waals surface area contributed by atoms with Crippen LogP contribution in [0.4, 0.5) is 35.1 Å². The number of alkyl halides is 6. The summed E-state index contributed by atoms with van der Waals surface area (Å²) in [5.41, 5.74) is -0.567. The molecule has 3 aromatic rings. The molecule has 3 aromatic carbocycles. The summed E-state index contributed by atoms with van der Waals surface area (Å²) < 4.78 is 103. The number of hydrogen-bond donors (Lipinski definition) is 0. The molecule has 0 saturated carbocycles. The Morgan fingerprint density at radius 2 is 1.19 bits per heavy atom. The lowest BCUT2D eigenvalue weighted by molar-refractivity contribution is -0.143. The second kappa shape index (κ2) is 13.6. The standard InChI is InChI=1S/C22H15F7.C4H8.C2H3F/c23-19-8-6-15(7-9-19)20(10-14-4-2-1-3-5-14)16-11-17(21(24,25)26)13-18(12-16)22(27,28)29;1-4(2)3;1-2-3/h1-9,11-13,20H,10H2;1H2,2-3H3;2H,1H2/t20-;;/m0../s1. The van der Waals surface area contributed by atoms with Gasteiger partial charge in [0.15, 0.2) is 0 Å². The predicted molar refractivity (Wildman–Crippen MR) is 127 cm³/mol. The van der Waals surface area contributed by atoms with E-state index in [-0.39, 0.29) is 24.4 Å². The van der Waals surface area contributed by atoms with Crippen LogP contribution in [0.5, 0.6) is 0 Å². The molecule has 8 heteroatoms. The Hall–Kier alpha value is -3.42. The van der Waals surface area contributed by atoms with Crippen LogP contribution in [-0.4, -0.2) is 0 Å². The van der Waals surface area contributed by atoms with Gasteiger partial charge in [0.05, 0.1) is 17.5 Å². The summed E-state index contributed by atoms with van der Waals surface area (Å²) in [6, 6.07) is 15.2. The van der Waals surface area contributed by atoms with Gasteiger partial charge in [-0.1, -0.05) is 54.6 Å². The van der Waals surface area contributed by atoms with Crippen molar-refractivity contribution in [2.45, 2.75) is 38.5 Å². The molecule has 0 spiro atoms. The number of halogens is 8. The Morgan fingerprint density at radius 3 is 1.58 bits per heavy atom. The van der Waals surface area contributed by atoms with E-state index in [2.05, 4.69) is 13.2 Å². The Balaban J connectivity index is 0.000000825. The lowest BCUT2D eigenvalue weighted by Crippen LogP contribution is -2.14. The molecule has 0 amide bonds. The third kappa shape index (κ3) is 10.5. The average molecular weight is 515 g/mol. The van der Waals surface area contributed by atoms with Gasteiger partial charge in [0.25, 0.3) is 0 Å². The minimum atomic E-state index is -4.93. The Labute approximate surface area is 205 Å². The first-order valence-electron chi connectivity index (χ1n) is 10.6. The van der Waals surface area contributed by atoms with Gasteiger partial charge in [0.2, 0.25) is 0 Å². The molecule has 0 aliphatic carbocycles. The zero-order valence-electron chi connectivity index (χ0n) is 19.7. The van der Waals surface area contributed by atoms with Crippen LogP contribution in [-0.2, 0) is 18.8 Å². The lowest BCUT2D eigenvalue weighted by Gasteiger charge is -2.22.